The van der Waals surface area contributed by atoms with Gasteiger partial charge in [-0.1, -0.05) is 0 Å². The number of carboxylic acids is 1. The minimum Gasteiger partial charge on any atom is -0.494 e. The summed E-state index contributed by atoms with van der Waals surface area (Å²) in [5, 5.41) is 19.7. The summed E-state index contributed by atoms with van der Waals surface area (Å²) in [4.78, 5) is 10.5. The summed E-state index contributed by atoms with van der Waals surface area (Å²) >= 11 is 0. The van der Waals surface area contributed by atoms with E-state index in [1.54, 1.807) is 6.07 Å². The highest BCUT2D eigenvalue weighted by molar-refractivity contribution is 5.66. The zero-order valence-electron chi connectivity index (χ0n) is 10.8. The van der Waals surface area contributed by atoms with Gasteiger partial charge < -0.3 is 9.84 Å². The molecule has 0 amide bonds. The number of carbonyl (C=O) groups is 1. The topological polar surface area (TPSA) is 90.1 Å². The van der Waals surface area contributed by atoms with Crippen LogP contribution in [0.5, 0.6) is 5.75 Å². The number of aliphatic carboxylic acids is 1. The molecule has 0 saturated heterocycles. The second-order valence-electron chi connectivity index (χ2n) is 4.07. The Kier molecular flexibility index (Phi) is 4.24. The summed E-state index contributed by atoms with van der Waals surface area (Å²) in [6.07, 6.45) is 0.419. The molecule has 0 saturated carbocycles. The van der Waals surface area contributed by atoms with E-state index in [1.807, 2.05) is 0 Å². The molecule has 0 spiro atoms. The fourth-order valence-electron chi connectivity index (χ4n) is 1.75. The molecule has 0 aliphatic heterocycles. The average molecular weight is 280 g/mol. The van der Waals surface area contributed by atoms with Crippen molar-refractivity contribution in [2.45, 2.75) is 19.4 Å². The monoisotopic (exact) mass is 280 g/mol. The number of hydrogen-bond donors (Lipinski definition) is 1. The van der Waals surface area contributed by atoms with E-state index in [-0.39, 0.29) is 12.2 Å². The largest absolute Gasteiger partial charge is 0.494 e. The van der Waals surface area contributed by atoms with Gasteiger partial charge in [-0.15, -0.1) is 5.10 Å². The van der Waals surface area contributed by atoms with Crippen LogP contribution in [0.2, 0.25) is 0 Å². The van der Waals surface area contributed by atoms with Gasteiger partial charge in [-0.2, -0.15) is 0 Å². The highest BCUT2D eigenvalue weighted by atomic mass is 19.1. The van der Waals surface area contributed by atoms with Gasteiger partial charge in [0.15, 0.2) is 17.4 Å². The molecule has 0 unspecified atom stereocenters. The van der Waals surface area contributed by atoms with Gasteiger partial charge in [-0.05, 0) is 35.0 Å². The van der Waals surface area contributed by atoms with Crippen LogP contribution in [0.25, 0.3) is 11.4 Å². The van der Waals surface area contributed by atoms with Crippen LogP contribution in [0.4, 0.5) is 4.39 Å². The maximum atomic E-state index is 13.7. The van der Waals surface area contributed by atoms with Crippen LogP contribution in [0.1, 0.15) is 12.8 Å². The summed E-state index contributed by atoms with van der Waals surface area (Å²) in [5.74, 6) is -0.865. The van der Waals surface area contributed by atoms with Gasteiger partial charge >= 0.3 is 5.97 Å². The molecular formula is C12H13FN4O3. The maximum Gasteiger partial charge on any atom is 0.303 e. The third kappa shape index (κ3) is 3.08. The number of rotatable bonds is 6. The predicted molar refractivity (Wildman–Crippen MR) is 66.6 cm³/mol. The van der Waals surface area contributed by atoms with E-state index in [4.69, 9.17) is 9.84 Å². The van der Waals surface area contributed by atoms with E-state index in [0.717, 1.165) is 0 Å². The van der Waals surface area contributed by atoms with E-state index in [1.165, 1.54) is 23.9 Å². The van der Waals surface area contributed by atoms with Gasteiger partial charge in [0.2, 0.25) is 0 Å². The van der Waals surface area contributed by atoms with Gasteiger partial charge in [0, 0.05) is 18.5 Å². The molecule has 1 N–H and O–H groups in total. The Morgan fingerprint density at radius 2 is 2.30 bits per heavy atom. The molecular weight excluding hydrogens is 267 g/mol. The van der Waals surface area contributed by atoms with Crippen molar-refractivity contribution < 1.29 is 19.0 Å². The third-order valence-electron chi connectivity index (χ3n) is 2.70. The lowest BCUT2D eigenvalue weighted by atomic mass is 10.2. The zero-order chi connectivity index (χ0) is 14.5. The number of aromatic nitrogens is 4. The van der Waals surface area contributed by atoms with Gasteiger partial charge in [-0.3, -0.25) is 4.79 Å². The van der Waals surface area contributed by atoms with Crippen LogP contribution in [0.3, 0.4) is 0 Å². The van der Waals surface area contributed by atoms with Crippen LogP contribution < -0.4 is 4.74 Å². The second kappa shape index (κ2) is 6.09. The standard InChI is InChI=1S/C12H13FN4O3/c1-20-10-5-4-8(7-9(10)13)12-14-15-16-17(12)6-2-3-11(18)19/h4-5,7H,2-3,6H2,1H3,(H,18,19). The van der Waals surface area contributed by atoms with E-state index in [9.17, 15) is 9.18 Å². The first-order chi connectivity index (χ1) is 9.61. The molecule has 0 aliphatic rings. The minimum absolute atomic E-state index is 0.0241. The highest BCUT2D eigenvalue weighted by Gasteiger charge is 2.12. The third-order valence-corrected chi connectivity index (χ3v) is 2.70. The molecule has 0 aliphatic carbocycles. The van der Waals surface area contributed by atoms with Crippen molar-refractivity contribution in [2.24, 2.45) is 0 Å². The Labute approximate surface area is 114 Å². The Morgan fingerprint density at radius 1 is 1.50 bits per heavy atom. The molecule has 0 bridgehead atoms. The first-order valence-electron chi connectivity index (χ1n) is 5.93. The predicted octanol–water partition coefficient (Wildman–Crippen LogP) is 1.35. The molecule has 106 valence electrons. The van der Waals surface area contributed by atoms with Crippen LogP contribution in [0.15, 0.2) is 18.2 Å². The molecule has 7 nitrogen and oxygen atoms in total. The molecule has 1 aromatic heterocycles. The molecule has 2 aromatic rings. The maximum absolute atomic E-state index is 13.7. The quantitative estimate of drug-likeness (QED) is 0.859. The number of methoxy groups -OCH3 is 1. The van der Waals surface area contributed by atoms with Crippen LogP contribution >= 0.6 is 0 Å². The molecule has 0 radical (unpaired) electrons. The summed E-state index contributed by atoms with van der Waals surface area (Å²) in [7, 11) is 1.38. The van der Waals surface area contributed by atoms with Crippen LogP contribution in [0, 0.1) is 5.82 Å². The first kappa shape index (κ1) is 13.9. The lowest BCUT2D eigenvalue weighted by molar-refractivity contribution is -0.137. The van der Waals surface area contributed by atoms with E-state index in [2.05, 4.69) is 15.5 Å². The lowest BCUT2D eigenvalue weighted by Crippen LogP contribution is -2.05. The van der Waals surface area contributed by atoms with Gasteiger partial charge in [0.25, 0.3) is 0 Å². The number of hydrogen-bond acceptors (Lipinski definition) is 5. The fraction of sp³-hybridized carbons (Fsp3) is 0.333. The Morgan fingerprint density at radius 3 is 2.95 bits per heavy atom. The van der Waals surface area contributed by atoms with Crippen LogP contribution in [-0.2, 0) is 11.3 Å². The molecule has 0 atom stereocenters. The Balaban J connectivity index is 2.19. The number of aryl methyl sites for hydroxylation is 1. The van der Waals surface area contributed by atoms with Crippen molar-refractivity contribution in [1.82, 2.24) is 20.2 Å². The summed E-state index contributed by atoms with van der Waals surface area (Å²) < 4.78 is 19.9. The van der Waals surface area contributed by atoms with Crippen molar-refractivity contribution in [1.29, 1.82) is 0 Å². The van der Waals surface area contributed by atoms with Crippen molar-refractivity contribution in [2.75, 3.05) is 7.11 Å². The summed E-state index contributed by atoms with van der Waals surface area (Å²) in [6, 6.07) is 4.40. The normalized spacial score (nSPS) is 10.5. The zero-order valence-corrected chi connectivity index (χ0v) is 10.8. The molecule has 0 fully saturated rings. The summed E-state index contributed by atoms with van der Waals surface area (Å²) in [6.45, 7) is 0.349. The van der Waals surface area contributed by atoms with E-state index >= 15 is 0 Å². The second-order valence-corrected chi connectivity index (χ2v) is 4.07. The number of halogens is 1. The molecule has 1 heterocycles. The van der Waals surface area contributed by atoms with Crippen LogP contribution in [-0.4, -0.2) is 38.4 Å². The average Bonchev–Trinajstić information content (AvgIpc) is 2.86. The minimum atomic E-state index is -0.880. The van der Waals surface area contributed by atoms with Gasteiger partial charge in [-0.25, -0.2) is 9.07 Å². The molecule has 2 rings (SSSR count). The number of benzene rings is 1. The van der Waals surface area contributed by atoms with Crippen molar-refractivity contribution in [3.63, 3.8) is 0 Å². The Bertz CT molecular complexity index is 614. The van der Waals surface area contributed by atoms with Crippen molar-refractivity contribution in [3.8, 4) is 17.1 Å². The van der Waals surface area contributed by atoms with Crippen molar-refractivity contribution in [3.05, 3.63) is 24.0 Å². The smallest absolute Gasteiger partial charge is 0.303 e. The number of carboxylic acid groups (broad SMARTS) is 1. The van der Waals surface area contributed by atoms with E-state index < -0.39 is 11.8 Å². The number of tetrazole rings is 1. The Hall–Kier alpha value is -2.51. The van der Waals surface area contributed by atoms with Crippen molar-refractivity contribution >= 4 is 5.97 Å². The highest BCUT2D eigenvalue weighted by Crippen LogP contribution is 2.23. The molecule has 1 aromatic carbocycles. The number of nitrogens with zero attached hydrogens (tertiary/aromatic N) is 4. The molecule has 8 heteroatoms. The van der Waals surface area contributed by atoms with Gasteiger partial charge in [0.1, 0.15) is 0 Å². The number of ether oxygens (including phenoxy) is 1. The fourth-order valence-corrected chi connectivity index (χ4v) is 1.75. The molecule has 20 heavy (non-hydrogen) atoms. The van der Waals surface area contributed by atoms with Gasteiger partial charge in [0.05, 0.1) is 7.11 Å². The van der Waals surface area contributed by atoms with E-state index in [0.29, 0.717) is 24.4 Å². The SMILES string of the molecule is COc1ccc(-c2nnnn2CCCC(=O)O)cc1F. The lowest BCUT2D eigenvalue weighted by Gasteiger charge is -2.06. The first-order valence-corrected chi connectivity index (χ1v) is 5.93. The summed E-state index contributed by atoms with van der Waals surface area (Å²) in [5.41, 5.74) is 0.503.